The van der Waals surface area contributed by atoms with Crippen molar-refractivity contribution < 1.29 is 4.79 Å². The number of hydrogen-bond acceptors (Lipinski definition) is 3. The van der Waals surface area contributed by atoms with E-state index in [2.05, 4.69) is 17.2 Å². The summed E-state index contributed by atoms with van der Waals surface area (Å²) in [6.07, 6.45) is 0.614. The van der Waals surface area contributed by atoms with Gasteiger partial charge >= 0.3 is 0 Å². The lowest BCUT2D eigenvalue weighted by molar-refractivity contribution is -0.118. The van der Waals surface area contributed by atoms with Crippen molar-refractivity contribution in [1.29, 1.82) is 0 Å². The number of carbonyl (C=O) groups excluding carboxylic acids is 1. The number of nitrogens with two attached hydrogens (primary N) is 2. The first-order valence-corrected chi connectivity index (χ1v) is 5.39. The number of rotatable bonds is 2. The number of hydrogen-bond donors (Lipinski definition) is 3. The van der Waals surface area contributed by atoms with E-state index in [1.807, 2.05) is 13.0 Å². The third-order valence-electron chi connectivity index (χ3n) is 2.28. The molecule has 1 aromatic rings. The average molecular weight is 231 g/mol. The van der Waals surface area contributed by atoms with Crippen LogP contribution in [0, 0.1) is 18.8 Å². The average Bonchev–Trinajstić information content (AvgIpc) is 2.24. The Kier molecular flexibility index (Phi) is 4.41. The van der Waals surface area contributed by atoms with Crippen molar-refractivity contribution in [2.24, 2.45) is 0 Å². The molecule has 0 aliphatic carbocycles. The van der Waals surface area contributed by atoms with Gasteiger partial charge in [-0.2, -0.15) is 0 Å². The topological polar surface area (TPSA) is 81.1 Å². The maximum Gasteiger partial charge on any atom is 0.216 e. The van der Waals surface area contributed by atoms with Crippen molar-refractivity contribution in [3.63, 3.8) is 0 Å². The lowest BCUT2D eigenvalue weighted by Crippen LogP contribution is -2.20. The monoisotopic (exact) mass is 231 g/mol. The molecule has 0 unspecified atom stereocenters. The van der Waals surface area contributed by atoms with Crippen LogP contribution in [0.2, 0.25) is 0 Å². The van der Waals surface area contributed by atoms with Gasteiger partial charge in [0.1, 0.15) is 0 Å². The van der Waals surface area contributed by atoms with Crippen LogP contribution in [0.4, 0.5) is 11.4 Å². The van der Waals surface area contributed by atoms with Gasteiger partial charge in [-0.3, -0.25) is 4.79 Å². The van der Waals surface area contributed by atoms with Crippen LogP contribution in [0.15, 0.2) is 12.1 Å². The number of amides is 1. The maximum absolute atomic E-state index is 10.6. The van der Waals surface area contributed by atoms with Crippen LogP contribution in [0.25, 0.3) is 0 Å². The Hall–Kier alpha value is -2.15. The summed E-state index contributed by atoms with van der Waals surface area (Å²) in [5.74, 6) is 5.96. The SMILES string of the molecule is CC(=O)NCCC#Cc1cc(N)c(N)cc1C. The first kappa shape index (κ1) is 12.9. The van der Waals surface area contributed by atoms with Gasteiger partial charge in [0.05, 0.1) is 11.4 Å². The Labute approximate surface area is 101 Å². The van der Waals surface area contributed by atoms with Crippen molar-refractivity contribution in [1.82, 2.24) is 5.32 Å². The Morgan fingerprint density at radius 3 is 2.65 bits per heavy atom. The van der Waals surface area contributed by atoms with E-state index in [0.717, 1.165) is 11.1 Å². The van der Waals surface area contributed by atoms with E-state index in [9.17, 15) is 4.79 Å². The highest BCUT2D eigenvalue weighted by atomic mass is 16.1. The highest BCUT2D eigenvalue weighted by Gasteiger charge is 1.99. The fourth-order valence-electron chi connectivity index (χ4n) is 1.34. The van der Waals surface area contributed by atoms with Crippen molar-refractivity contribution in [2.75, 3.05) is 18.0 Å². The van der Waals surface area contributed by atoms with Gasteiger partial charge in [-0.1, -0.05) is 11.8 Å². The summed E-state index contributed by atoms with van der Waals surface area (Å²) in [5, 5.41) is 2.68. The van der Waals surface area contributed by atoms with Crippen LogP contribution in [0.5, 0.6) is 0 Å². The lowest BCUT2D eigenvalue weighted by Gasteiger charge is -2.03. The molecule has 0 radical (unpaired) electrons. The van der Waals surface area contributed by atoms with Crippen LogP contribution in [-0.4, -0.2) is 12.5 Å². The van der Waals surface area contributed by atoms with Gasteiger partial charge in [0.25, 0.3) is 0 Å². The highest BCUT2D eigenvalue weighted by Crippen LogP contribution is 2.19. The largest absolute Gasteiger partial charge is 0.397 e. The Morgan fingerprint density at radius 1 is 1.35 bits per heavy atom. The predicted octanol–water partition coefficient (Wildman–Crippen LogP) is 1.04. The molecule has 4 nitrogen and oxygen atoms in total. The molecule has 0 saturated heterocycles. The highest BCUT2D eigenvalue weighted by molar-refractivity contribution is 5.72. The second kappa shape index (κ2) is 5.80. The Bertz CT molecular complexity index is 483. The molecule has 0 spiro atoms. The third kappa shape index (κ3) is 4.07. The normalized spacial score (nSPS) is 9.29. The van der Waals surface area contributed by atoms with E-state index < -0.39 is 0 Å². The van der Waals surface area contributed by atoms with E-state index in [1.54, 1.807) is 6.07 Å². The summed E-state index contributed by atoms with van der Waals surface area (Å²) in [5.41, 5.74) is 14.4. The zero-order chi connectivity index (χ0) is 12.8. The molecular weight excluding hydrogens is 214 g/mol. The number of carbonyl (C=O) groups is 1. The Balaban J connectivity index is 2.66. The molecule has 0 heterocycles. The second-order valence-corrected chi connectivity index (χ2v) is 3.83. The lowest BCUT2D eigenvalue weighted by atomic mass is 10.1. The molecule has 0 fully saturated rings. The van der Waals surface area contributed by atoms with Crippen LogP contribution in [0.1, 0.15) is 24.5 Å². The minimum atomic E-state index is -0.0419. The van der Waals surface area contributed by atoms with Crippen LogP contribution >= 0.6 is 0 Å². The van der Waals surface area contributed by atoms with Crippen molar-refractivity contribution >= 4 is 17.3 Å². The molecule has 4 heteroatoms. The van der Waals surface area contributed by atoms with Crippen molar-refractivity contribution in [3.8, 4) is 11.8 Å². The summed E-state index contributed by atoms with van der Waals surface area (Å²) >= 11 is 0. The van der Waals surface area contributed by atoms with Gasteiger partial charge in [-0.05, 0) is 24.6 Å². The fourth-order valence-corrected chi connectivity index (χ4v) is 1.34. The third-order valence-corrected chi connectivity index (χ3v) is 2.28. The summed E-state index contributed by atoms with van der Waals surface area (Å²) in [6.45, 7) is 3.98. The van der Waals surface area contributed by atoms with Gasteiger partial charge < -0.3 is 16.8 Å². The molecule has 0 aromatic heterocycles. The number of anilines is 2. The van der Waals surface area contributed by atoms with Gasteiger partial charge in [0.2, 0.25) is 5.91 Å². The van der Waals surface area contributed by atoms with Gasteiger partial charge in [-0.25, -0.2) is 0 Å². The van der Waals surface area contributed by atoms with Crippen molar-refractivity contribution in [3.05, 3.63) is 23.3 Å². The van der Waals surface area contributed by atoms with Gasteiger partial charge in [0, 0.05) is 25.5 Å². The summed E-state index contributed by atoms with van der Waals surface area (Å²) in [4.78, 5) is 10.6. The molecule has 0 saturated carbocycles. The zero-order valence-corrected chi connectivity index (χ0v) is 10.1. The van der Waals surface area contributed by atoms with Crippen LogP contribution in [0.3, 0.4) is 0 Å². The number of nitrogens with one attached hydrogen (secondary N) is 1. The van der Waals surface area contributed by atoms with Crippen molar-refractivity contribution in [2.45, 2.75) is 20.3 Å². The summed E-state index contributed by atoms with van der Waals surface area (Å²) in [7, 11) is 0. The van der Waals surface area contributed by atoms with Crippen LogP contribution in [-0.2, 0) is 4.79 Å². The molecular formula is C13H17N3O. The number of nitrogen functional groups attached to an aromatic ring is 2. The van der Waals surface area contributed by atoms with Gasteiger partial charge in [-0.15, -0.1) is 0 Å². The standard InChI is InChI=1S/C13H17N3O/c1-9-7-12(14)13(15)8-11(9)5-3-4-6-16-10(2)17/h7-8H,4,6,14-15H2,1-2H3,(H,16,17). The van der Waals surface area contributed by atoms with E-state index in [-0.39, 0.29) is 5.91 Å². The molecule has 0 bridgehead atoms. The minimum Gasteiger partial charge on any atom is -0.397 e. The molecule has 0 aliphatic rings. The molecule has 0 atom stereocenters. The molecule has 0 aliphatic heterocycles. The van der Waals surface area contributed by atoms with E-state index in [0.29, 0.717) is 24.3 Å². The molecule has 1 aromatic carbocycles. The number of aryl methyl sites for hydroxylation is 1. The van der Waals surface area contributed by atoms with E-state index in [1.165, 1.54) is 6.92 Å². The van der Waals surface area contributed by atoms with Gasteiger partial charge in [0.15, 0.2) is 0 Å². The molecule has 90 valence electrons. The smallest absolute Gasteiger partial charge is 0.216 e. The summed E-state index contributed by atoms with van der Waals surface area (Å²) < 4.78 is 0. The maximum atomic E-state index is 10.6. The number of benzene rings is 1. The fraction of sp³-hybridized carbons (Fsp3) is 0.308. The summed E-state index contributed by atoms with van der Waals surface area (Å²) in [6, 6.07) is 3.59. The van der Waals surface area contributed by atoms with Crippen LogP contribution < -0.4 is 16.8 Å². The first-order chi connectivity index (χ1) is 8.00. The minimum absolute atomic E-state index is 0.0419. The molecule has 1 amide bonds. The first-order valence-electron chi connectivity index (χ1n) is 5.39. The quantitative estimate of drug-likeness (QED) is 0.404. The zero-order valence-electron chi connectivity index (χ0n) is 10.1. The van der Waals surface area contributed by atoms with E-state index in [4.69, 9.17) is 11.5 Å². The predicted molar refractivity (Wildman–Crippen MR) is 70.2 cm³/mol. The molecule has 17 heavy (non-hydrogen) atoms. The second-order valence-electron chi connectivity index (χ2n) is 3.83. The molecule has 1 rings (SSSR count). The Morgan fingerprint density at radius 2 is 2.00 bits per heavy atom. The molecule has 5 N–H and O–H groups in total. The van der Waals surface area contributed by atoms with E-state index >= 15 is 0 Å².